The highest BCUT2D eigenvalue weighted by Crippen LogP contribution is 2.02. The van der Waals surface area contributed by atoms with Gasteiger partial charge in [-0.05, 0) is 6.92 Å². The molecule has 0 aliphatic carbocycles. The van der Waals surface area contributed by atoms with Crippen LogP contribution in [-0.2, 0) is 104 Å². The van der Waals surface area contributed by atoms with Gasteiger partial charge in [0.1, 0.15) is 0 Å². The van der Waals surface area contributed by atoms with Gasteiger partial charge in [0.25, 0.3) is 0 Å². The highest BCUT2D eigenvalue weighted by molar-refractivity contribution is 7.89. The molecule has 0 aliphatic rings. The quantitative estimate of drug-likeness (QED) is 0.0393. The highest BCUT2D eigenvalue weighted by atomic mass is 32.2. The lowest BCUT2D eigenvalue weighted by atomic mass is 10.6. The molecule has 386 valence electrons. The maximum Gasteiger partial charge on any atom is 0.197 e. The molecule has 0 aromatic rings. The van der Waals surface area contributed by atoms with E-state index in [0.717, 1.165) is 0 Å². The van der Waals surface area contributed by atoms with Crippen molar-refractivity contribution in [2.45, 2.75) is 6.92 Å². The van der Waals surface area contributed by atoms with Gasteiger partial charge in [0, 0.05) is 6.61 Å². The van der Waals surface area contributed by atoms with Crippen molar-refractivity contribution in [1.29, 1.82) is 0 Å². The van der Waals surface area contributed by atoms with Crippen LogP contribution in [0.2, 0.25) is 0 Å². The van der Waals surface area contributed by atoms with Gasteiger partial charge < -0.3 is 90.0 Å². The summed E-state index contributed by atoms with van der Waals surface area (Å²) in [5.74, 6) is 0. The van der Waals surface area contributed by atoms with Gasteiger partial charge in [-0.25, -0.2) is 5.26 Å². The van der Waals surface area contributed by atoms with E-state index in [1.165, 1.54) is 0 Å². The Bertz CT molecular complexity index is 743. The third-order valence-corrected chi connectivity index (χ3v) is 7.70. The minimum absolute atomic E-state index is 0.279. The van der Waals surface area contributed by atoms with E-state index < -0.39 is 0 Å². The van der Waals surface area contributed by atoms with Crippen LogP contribution in [0.1, 0.15) is 6.92 Å². The SMILES string of the molecule is CCOCCOCCOCCOCCOCCOCCOCCOCCOCCOCCOCCOCCOCCOCCOCCOCCOCCOCCOCCOSOOO. The predicted octanol–water partition coefficient (Wildman–Crippen LogP) is 1.32. The Morgan fingerprint density at radius 1 is 0.219 bits per heavy atom. The smallest absolute Gasteiger partial charge is 0.197 e. The molecule has 0 radical (unpaired) electrons. The largest absolute Gasteiger partial charge is 0.379 e. The summed E-state index contributed by atoms with van der Waals surface area (Å²) >= 11 is 0.511. The molecule has 0 bridgehead atoms. The van der Waals surface area contributed by atoms with Crippen molar-refractivity contribution in [1.82, 2.24) is 0 Å². The molecule has 64 heavy (non-hydrogen) atoms. The molecule has 0 aromatic carbocycles. The predicted molar refractivity (Wildman–Crippen MR) is 230 cm³/mol. The lowest BCUT2D eigenvalue weighted by Crippen LogP contribution is -2.16. The molecule has 23 nitrogen and oxygen atoms in total. The molecule has 0 atom stereocenters. The summed E-state index contributed by atoms with van der Waals surface area (Å²) in [6, 6.07) is 0. The molecule has 24 heteroatoms. The molecule has 0 amide bonds. The van der Waals surface area contributed by atoms with Crippen LogP contribution in [0.25, 0.3) is 0 Å². The van der Waals surface area contributed by atoms with Crippen LogP contribution >= 0.6 is 12.3 Å². The third kappa shape index (κ3) is 61.4. The van der Waals surface area contributed by atoms with Crippen molar-refractivity contribution in [3.8, 4) is 0 Å². The van der Waals surface area contributed by atoms with Crippen molar-refractivity contribution in [2.75, 3.05) is 258 Å². The molecule has 0 aliphatic heterocycles. The highest BCUT2D eigenvalue weighted by Gasteiger charge is 1.99. The van der Waals surface area contributed by atoms with Crippen LogP contribution < -0.4 is 0 Å². The van der Waals surface area contributed by atoms with E-state index in [9.17, 15) is 0 Å². The average Bonchev–Trinajstić information content (AvgIpc) is 3.31. The second-order valence-corrected chi connectivity index (χ2v) is 12.8. The molecular weight excluding hydrogens is 880 g/mol. The fraction of sp³-hybridized carbons (Fsp3) is 1.00. The van der Waals surface area contributed by atoms with Crippen molar-refractivity contribution in [3.63, 3.8) is 0 Å². The van der Waals surface area contributed by atoms with E-state index in [0.29, 0.717) is 263 Å². The molecule has 0 saturated carbocycles. The van der Waals surface area contributed by atoms with Gasteiger partial charge in [-0.2, -0.15) is 0 Å². The fourth-order valence-corrected chi connectivity index (χ4v) is 4.46. The van der Waals surface area contributed by atoms with E-state index in [-0.39, 0.29) is 6.61 Å². The first-order valence-corrected chi connectivity index (χ1v) is 22.8. The summed E-state index contributed by atoms with van der Waals surface area (Å²) in [5, 5.41) is 11.3. The van der Waals surface area contributed by atoms with Gasteiger partial charge >= 0.3 is 0 Å². The zero-order chi connectivity index (χ0) is 45.8. The molecule has 1 N–H and O–H groups in total. The lowest BCUT2D eigenvalue weighted by molar-refractivity contribution is -0.434. The minimum Gasteiger partial charge on any atom is -0.379 e. The first-order valence-electron chi connectivity index (χ1n) is 22.1. The van der Waals surface area contributed by atoms with Crippen molar-refractivity contribution < 1.29 is 109 Å². The first kappa shape index (κ1) is 63.4. The summed E-state index contributed by atoms with van der Waals surface area (Å²) in [6.45, 7) is 21.2. The van der Waals surface area contributed by atoms with E-state index in [4.69, 9.17) is 99.4 Å². The average molecular weight is 963 g/mol. The Balaban J connectivity index is 3.06. The van der Waals surface area contributed by atoms with Crippen LogP contribution in [0.15, 0.2) is 0 Å². The molecule has 0 saturated heterocycles. The van der Waals surface area contributed by atoms with E-state index in [1.807, 2.05) is 6.92 Å². The van der Waals surface area contributed by atoms with Crippen molar-refractivity contribution in [3.05, 3.63) is 0 Å². The van der Waals surface area contributed by atoms with Gasteiger partial charge in [-0.1, -0.05) is 5.04 Å². The molecular formula is C40H82O23S. The number of rotatable bonds is 61. The van der Waals surface area contributed by atoms with Gasteiger partial charge in [-0.3, -0.25) is 4.18 Å². The van der Waals surface area contributed by atoms with Gasteiger partial charge in [-0.15, -0.1) is 4.33 Å². The number of hydrogen-bond acceptors (Lipinski definition) is 24. The topological polar surface area (TPSA) is 223 Å². The Labute approximate surface area is 385 Å². The first-order chi connectivity index (χ1) is 31.9. The number of ether oxygens (including phenoxy) is 19. The molecule has 0 unspecified atom stereocenters. The maximum absolute atomic E-state index is 7.92. The summed E-state index contributed by atoms with van der Waals surface area (Å²) in [4.78, 5) is 0. The zero-order valence-electron chi connectivity index (χ0n) is 38.4. The molecule has 0 heterocycles. The van der Waals surface area contributed by atoms with E-state index >= 15 is 0 Å². The lowest BCUT2D eigenvalue weighted by Gasteiger charge is -2.09. The summed E-state index contributed by atoms with van der Waals surface area (Å²) < 4.78 is 112. The van der Waals surface area contributed by atoms with Crippen LogP contribution in [0.5, 0.6) is 0 Å². The van der Waals surface area contributed by atoms with Crippen LogP contribution in [-0.4, -0.2) is 263 Å². The standard InChI is InChI=1S/C40H82O23S/c1-2-42-3-4-43-5-6-44-7-8-45-9-10-46-11-12-47-13-14-48-15-16-49-17-18-50-19-20-51-21-22-52-23-24-53-25-26-54-27-28-55-29-30-56-31-32-57-33-34-58-35-36-59-37-38-60-39-40-61-64-63-62-41/h41H,2-40H2,1H3. The van der Waals surface area contributed by atoms with E-state index in [2.05, 4.69) is 9.37 Å². The Hall–Kier alpha value is -0.570. The Kier molecular flexibility index (Phi) is 61.9. The Morgan fingerprint density at radius 2 is 0.359 bits per heavy atom. The maximum atomic E-state index is 7.92. The molecule has 0 spiro atoms. The van der Waals surface area contributed by atoms with Gasteiger partial charge in [0.05, 0.1) is 251 Å². The van der Waals surface area contributed by atoms with Gasteiger partial charge in [0.2, 0.25) is 0 Å². The van der Waals surface area contributed by atoms with Gasteiger partial charge in [0.15, 0.2) is 12.3 Å². The van der Waals surface area contributed by atoms with E-state index in [1.54, 1.807) is 0 Å². The molecule has 0 fully saturated rings. The zero-order valence-corrected chi connectivity index (χ0v) is 39.2. The fourth-order valence-electron chi connectivity index (χ4n) is 4.26. The summed E-state index contributed by atoms with van der Waals surface area (Å²) in [5.41, 5.74) is 0. The number of hydrogen-bond donors (Lipinski definition) is 1. The third-order valence-electron chi connectivity index (χ3n) is 7.32. The summed E-state index contributed by atoms with van der Waals surface area (Å²) in [7, 11) is 0. The molecule has 0 rings (SSSR count). The van der Waals surface area contributed by atoms with Crippen LogP contribution in [0.4, 0.5) is 0 Å². The Morgan fingerprint density at radius 3 is 0.500 bits per heavy atom. The normalized spacial score (nSPS) is 11.7. The summed E-state index contributed by atoms with van der Waals surface area (Å²) in [6.07, 6.45) is 0. The van der Waals surface area contributed by atoms with Crippen LogP contribution in [0, 0.1) is 0 Å². The van der Waals surface area contributed by atoms with Crippen LogP contribution in [0.3, 0.4) is 0 Å². The second-order valence-electron chi connectivity index (χ2n) is 12.3. The minimum atomic E-state index is 0.279. The van der Waals surface area contributed by atoms with Crippen molar-refractivity contribution in [2.24, 2.45) is 0 Å². The second kappa shape index (κ2) is 62.4. The van der Waals surface area contributed by atoms with Crippen molar-refractivity contribution >= 4 is 12.3 Å². The monoisotopic (exact) mass is 962 g/mol. The molecule has 0 aromatic heterocycles.